The molecule has 34 heavy (non-hydrogen) atoms. The SMILES string of the molecule is Cc1cc(NC(=O)c2c(C)c(C(=O)C(=O)NC3CCC(O)CC3)n(C)c2CC2CC2)ccc1F. The van der Waals surface area contributed by atoms with Crippen molar-refractivity contribution in [3.05, 3.63) is 52.1 Å². The number of aromatic nitrogens is 1. The molecule has 0 radical (unpaired) electrons. The van der Waals surface area contributed by atoms with Gasteiger partial charge >= 0.3 is 0 Å². The molecular formula is C26H32FN3O4. The van der Waals surface area contributed by atoms with Crippen LogP contribution in [0.25, 0.3) is 0 Å². The van der Waals surface area contributed by atoms with Gasteiger partial charge in [-0.15, -0.1) is 0 Å². The lowest BCUT2D eigenvalue weighted by molar-refractivity contribution is -0.118. The summed E-state index contributed by atoms with van der Waals surface area (Å²) >= 11 is 0. The third kappa shape index (κ3) is 5.06. The topological polar surface area (TPSA) is 100 Å². The maximum absolute atomic E-state index is 13.6. The molecule has 2 saturated carbocycles. The molecular weight excluding hydrogens is 437 g/mol. The molecule has 7 nitrogen and oxygen atoms in total. The van der Waals surface area contributed by atoms with Gasteiger partial charge in [0.2, 0.25) is 0 Å². The van der Waals surface area contributed by atoms with Crippen molar-refractivity contribution in [3.63, 3.8) is 0 Å². The first kappa shape index (κ1) is 24.1. The normalized spacial score (nSPS) is 20.1. The fourth-order valence-electron chi connectivity index (χ4n) is 4.84. The van der Waals surface area contributed by atoms with Crippen molar-refractivity contribution in [1.29, 1.82) is 0 Å². The summed E-state index contributed by atoms with van der Waals surface area (Å²) in [7, 11) is 1.72. The summed E-state index contributed by atoms with van der Waals surface area (Å²) in [6, 6.07) is 4.22. The van der Waals surface area contributed by atoms with Gasteiger partial charge < -0.3 is 20.3 Å². The Hall–Kier alpha value is -3.00. The van der Waals surface area contributed by atoms with Crippen LogP contribution in [0.15, 0.2) is 18.2 Å². The largest absolute Gasteiger partial charge is 0.393 e. The van der Waals surface area contributed by atoms with Crippen LogP contribution in [0.2, 0.25) is 0 Å². The van der Waals surface area contributed by atoms with Crippen molar-refractivity contribution in [1.82, 2.24) is 9.88 Å². The molecule has 0 atom stereocenters. The molecule has 1 aromatic heterocycles. The third-order valence-corrected chi connectivity index (χ3v) is 7.03. The number of nitrogens with one attached hydrogen (secondary N) is 2. The number of Topliss-reactive ketones (excluding diaryl/α,β-unsaturated/α-hetero) is 1. The fourth-order valence-corrected chi connectivity index (χ4v) is 4.84. The number of amides is 2. The zero-order valence-corrected chi connectivity index (χ0v) is 19.9. The lowest BCUT2D eigenvalue weighted by atomic mass is 9.93. The Kier molecular flexibility index (Phi) is 6.89. The molecule has 3 N–H and O–H groups in total. The number of nitrogens with zero attached hydrogens (tertiary/aromatic N) is 1. The lowest BCUT2D eigenvalue weighted by Crippen LogP contribution is -2.42. The molecule has 0 aliphatic heterocycles. The van der Waals surface area contributed by atoms with Crippen LogP contribution >= 0.6 is 0 Å². The molecule has 4 rings (SSSR count). The number of carbonyl (C=O) groups excluding carboxylic acids is 3. The Bertz CT molecular complexity index is 1130. The summed E-state index contributed by atoms with van der Waals surface area (Å²) in [5.74, 6) is -1.63. The van der Waals surface area contributed by atoms with Gasteiger partial charge in [0.15, 0.2) is 0 Å². The summed E-state index contributed by atoms with van der Waals surface area (Å²) in [4.78, 5) is 39.3. The molecule has 2 aromatic rings. The van der Waals surface area contributed by atoms with Gasteiger partial charge in [-0.3, -0.25) is 14.4 Å². The average molecular weight is 470 g/mol. The van der Waals surface area contributed by atoms with E-state index in [1.807, 2.05) is 0 Å². The first-order chi connectivity index (χ1) is 16.2. The maximum atomic E-state index is 13.6. The molecule has 8 heteroatoms. The highest BCUT2D eigenvalue weighted by atomic mass is 19.1. The predicted molar refractivity (Wildman–Crippen MR) is 126 cm³/mol. The Balaban J connectivity index is 1.60. The lowest BCUT2D eigenvalue weighted by Gasteiger charge is -2.25. The second kappa shape index (κ2) is 9.70. The molecule has 1 aromatic carbocycles. The van der Waals surface area contributed by atoms with Crippen LogP contribution in [-0.2, 0) is 18.3 Å². The number of aryl methyl sites for hydroxylation is 1. The van der Waals surface area contributed by atoms with Crippen LogP contribution in [0.1, 0.15) is 76.2 Å². The van der Waals surface area contributed by atoms with Crippen LogP contribution in [0, 0.1) is 25.6 Å². The molecule has 0 bridgehead atoms. The Morgan fingerprint density at radius 2 is 1.76 bits per heavy atom. The van der Waals surface area contributed by atoms with Crippen LogP contribution in [0.4, 0.5) is 10.1 Å². The number of rotatable bonds is 7. The van der Waals surface area contributed by atoms with E-state index in [1.54, 1.807) is 31.5 Å². The monoisotopic (exact) mass is 469 g/mol. The van der Waals surface area contributed by atoms with Crippen LogP contribution in [0.5, 0.6) is 0 Å². The third-order valence-electron chi connectivity index (χ3n) is 7.03. The average Bonchev–Trinajstić information content (AvgIpc) is 3.57. The number of aliphatic hydroxyl groups is 1. The van der Waals surface area contributed by atoms with Gasteiger partial charge in [0.05, 0.1) is 17.4 Å². The van der Waals surface area contributed by atoms with Gasteiger partial charge in [-0.1, -0.05) is 0 Å². The summed E-state index contributed by atoms with van der Waals surface area (Å²) in [5, 5.41) is 15.3. The zero-order valence-electron chi connectivity index (χ0n) is 19.9. The molecule has 182 valence electrons. The van der Waals surface area contributed by atoms with Gasteiger partial charge in [-0.25, -0.2) is 4.39 Å². The van der Waals surface area contributed by atoms with Crippen LogP contribution < -0.4 is 10.6 Å². The first-order valence-corrected chi connectivity index (χ1v) is 11.9. The molecule has 2 fully saturated rings. The summed E-state index contributed by atoms with van der Waals surface area (Å²) in [6.07, 6.45) is 4.89. The zero-order chi connectivity index (χ0) is 24.6. The molecule has 2 aliphatic carbocycles. The fraction of sp³-hybridized carbons (Fsp3) is 0.500. The number of ketones is 1. The molecule has 0 saturated heterocycles. The second-order valence-electron chi connectivity index (χ2n) is 9.73. The van der Waals surface area contributed by atoms with Gasteiger partial charge in [-0.05, 0) is 94.0 Å². The number of aliphatic hydroxyl groups excluding tert-OH is 1. The minimum atomic E-state index is -0.691. The smallest absolute Gasteiger partial charge is 0.294 e. The van der Waals surface area contributed by atoms with Crippen molar-refractivity contribution in [2.45, 2.75) is 70.9 Å². The second-order valence-corrected chi connectivity index (χ2v) is 9.73. The van der Waals surface area contributed by atoms with Gasteiger partial charge in [0.1, 0.15) is 5.82 Å². The molecule has 0 unspecified atom stereocenters. The Morgan fingerprint density at radius 3 is 2.38 bits per heavy atom. The summed E-state index contributed by atoms with van der Waals surface area (Å²) in [6.45, 7) is 3.32. The van der Waals surface area contributed by atoms with Gasteiger partial charge in [0.25, 0.3) is 17.6 Å². The highest BCUT2D eigenvalue weighted by molar-refractivity contribution is 6.43. The van der Waals surface area contributed by atoms with E-state index in [2.05, 4.69) is 10.6 Å². The van der Waals surface area contributed by atoms with E-state index < -0.39 is 11.7 Å². The quantitative estimate of drug-likeness (QED) is 0.426. The first-order valence-electron chi connectivity index (χ1n) is 11.9. The molecule has 1 heterocycles. The van der Waals surface area contributed by atoms with Gasteiger partial charge in [0, 0.05) is 24.5 Å². The van der Waals surface area contributed by atoms with E-state index in [0.29, 0.717) is 60.4 Å². The highest BCUT2D eigenvalue weighted by Gasteiger charge is 2.34. The Labute approximate surface area is 198 Å². The standard InChI is InChI=1S/C26H32FN3O4/c1-14-12-18(8-11-20(14)27)29-25(33)22-15(2)23(30(3)21(22)13-16-4-5-16)24(32)26(34)28-17-6-9-19(31)10-7-17/h8,11-12,16-17,19,31H,4-7,9-10,13H2,1-3H3,(H,28,34)(H,29,33). The van der Waals surface area contributed by atoms with E-state index in [-0.39, 0.29) is 29.6 Å². The van der Waals surface area contributed by atoms with Crippen molar-refractivity contribution in [2.75, 3.05) is 5.32 Å². The Morgan fingerprint density at radius 1 is 1.09 bits per heavy atom. The number of carbonyl (C=O) groups is 3. The number of hydrogen-bond acceptors (Lipinski definition) is 4. The number of benzene rings is 1. The summed E-state index contributed by atoms with van der Waals surface area (Å²) < 4.78 is 15.3. The van der Waals surface area contributed by atoms with E-state index in [4.69, 9.17) is 0 Å². The van der Waals surface area contributed by atoms with Crippen molar-refractivity contribution in [3.8, 4) is 0 Å². The molecule has 2 aliphatic rings. The van der Waals surface area contributed by atoms with Crippen molar-refractivity contribution >= 4 is 23.3 Å². The van der Waals surface area contributed by atoms with Crippen LogP contribution in [0.3, 0.4) is 0 Å². The van der Waals surface area contributed by atoms with E-state index >= 15 is 0 Å². The van der Waals surface area contributed by atoms with Crippen molar-refractivity contribution < 1.29 is 23.9 Å². The van der Waals surface area contributed by atoms with E-state index in [9.17, 15) is 23.9 Å². The minimum Gasteiger partial charge on any atom is -0.393 e. The predicted octanol–water partition coefficient (Wildman–Crippen LogP) is 3.59. The van der Waals surface area contributed by atoms with Crippen LogP contribution in [-0.4, -0.2) is 39.4 Å². The number of anilines is 1. The van der Waals surface area contributed by atoms with Gasteiger partial charge in [-0.2, -0.15) is 0 Å². The number of halogens is 1. The van der Waals surface area contributed by atoms with Crippen molar-refractivity contribution in [2.24, 2.45) is 13.0 Å². The van der Waals surface area contributed by atoms with E-state index in [1.165, 1.54) is 12.1 Å². The number of hydrogen-bond donors (Lipinski definition) is 3. The van der Waals surface area contributed by atoms with E-state index in [0.717, 1.165) is 18.5 Å². The summed E-state index contributed by atoms with van der Waals surface area (Å²) in [5.41, 5.74) is 2.69. The molecule has 2 amide bonds. The highest BCUT2D eigenvalue weighted by Crippen LogP contribution is 2.36. The molecule has 0 spiro atoms. The minimum absolute atomic E-state index is 0.143. The maximum Gasteiger partial charge on any atom is 0.294 e.